The monoisotopic (exact) mass is 351 g/mol. The second kappa shape index (κ2) is 17.7. The van der Waals surface area contributed by atoms with E-state index >= 15 is 0 Å². The van der Waals surface area contributed by atoms with Gasteiger partial charge < -0.3 is 15.0 Å². The third-order valence-corrected chi connectivity index (χ3v) is 4.30. The Hall–Kier alpha value is -0.100. The first kappa shape index (κ1) is 26.1. The first-order valence-corrected chi connectivity index (χ1v) is 9.15. The fourth-order valence-electron chi connectivity index (χ4n) is 2.69. The summed E-state index contributed by atoms with van der Waals surface area (Å²) in [5.41, 5.74) is 0. The molecule has 6 heteroatoms. The quantitative estimate of drug-likeness (QED) is 0.308. The van der Waals surface area contributed by atoms with Crippen LogP contribution in [0.2, 0.25) is 0 Å². The summed E-state index contributed by atoms with van der Waals surface area (Å²) in [5, 5.41) is 19.7. The number of carbonyl (C=O) groups is 2. The van der Waals surface area contributed by atoms with E-state index in [1.54, 1.807) is 11.8 Å². The molecule has 0 aromatic heterocycles. The van der Waals surface area contributed by atoms with Gasteiger partial charge in [-0.25, -0.2) is 0 Å². The van der Waals surface area contributed by atoms with E-state index in [9.17, 15) is 14.7 Å². The fraction of sp³-hybridized carbons (Fsp3) is 0.889. The van der Waals surface area contributed by atoms with E-state index in [0.717, 1.165) is 12.8 Å². The van der Waals surface area contributed by atoms with E-state index in [-0.39, 0.29) is 42.5 Å². The van der Waals surface area contributed by atoms with Crippen molar-refractivity contribution in [2.75, 3.05) is 13.1 Å². The zero-order valence-corrected chi connectivity index (χ0v) is 17.9. The minimum atomic E-state index is -1.14. The topological polar surface area (TPSA) is 80.7 Å². The van der Waals surface area contributed by atoms with Crippen LogP contribution in [-0.2, 0) is 9.59 Å². The number of carbonyl (C=O) groups excluding carboxylic acids is 1. The molecule has 1 atom stereocenters. The summed E-state index contributed by atoms with van der Waals surface area (Å²) < 4.78 is 0. The molecule has 0 radical (unpaired) electrons. The van der Waals surface area contributed by atoms with Gasteiger partial charge in [0, 0.05) is 12.6 Å². The summed E-state index contributed by atoms with van der Waals surface area (Å²) in [6, 6.07) is -0.729. The van der Waals surface area contributed by atoms with Gasteiger partial charge in [0.2, 0.25) is 0 Å². The number of rotatable bonds is 16. The van der Waals surface area contributed by atoms with E-state index in [4.69, 9.17) is 5.11 Å². The molecule has 24 heavy (non-hydrogen) atoms. The zero-order valence-electron chi connectivity index (χ0n) is 15.9. The molecule has 0 aliphatic heterocycles. The normalized spacial score (nSPS) is 12.0. The number of nitrogens with zero attached hydrogens (tertiary/aromatic N) is 1. The Balaban J connectivity index is 0. The summed E-state index contributed by atoms with van der Waals surface area (Å²) in [5.74, 6) is -2.04. The van der Waals surface area contributed by atoms with Gasteiger partial charge in [-0.1, -0.05) is 64.7 Å². The molecule has 0 saturated heterocycles. The van der Waals surface area contributed by atoms with E-state index in [1.807, 2.05) is 0 Å². The number of hydrogen-bond acceptors (Lipinski definition) is 4. The second-order valence-electron chi connectivity index (χ2n) is 6.36. The predicted octanol–water partition coefficient (Wildman–Crippen LogP) is -0.174. The molecular formula is C18H34NNaO4. The van der Waals surface area contributed by atoms with Crippen molar-refractivity contribution >= 4 is 11.9 Å². The minimum Gasteiger partial charge on any atom is -0.548 e. The standard InChI is InChI=1S/C18H35NO4.Na/c1-3-4-5-6-7-8-9-10-11-12-14-19(15-13-17(20)21)16(2)18(22)23;/h16H,3-15H2,1-2H3,(H,20,21)(H,22,23);/q;+1/p-1/t16-;/m0./s1. The van der Waals surface area contributed by atoms with Crippen molar-refractivity contribution in [3.8, 4) is 0 Å². The Labute approximate surface area is 169 Å². The molecule has 0 amide bonds. The van der Waals surface area contributed by atoms with Crippen LogP contribution in [0.15, 0.2) is 0 Å². The van der Waals surface area contributed by atoms with Crippen LogP contribution in [0.4, 0.5) is 0 Å². The van der Waals surface area contributed by atoms with Crippen molar-refractivity contribution in [3.05, 3.63) is 0 Å². The average molecular weight is 351 g/mol. The fourth-order valence-corrected chi connectivity index (χ4v) is 2.69. The van der Waals surface area contributed by atoms with Crippen LogP contribution in [0.5, 0.6) is 0 Å². The molecule has 1 N–H and O–H groups in total. The molecular weight excluding hydrogens is 317 g/mol. The van der Waals surface area contributed by atoms with Crippen molar-refractivity contribution in [3.63, 3.8) is 0 Å². The van der Waals surface area contributed by atoms with Crippen LogP contribution in [0.1, 0.15) is 84.5 Å². The molecule has 0 rings (SSSR count). The molecule has 0 aromatic carbocycles. The van der Waals surface area contributed by atoms with Crippen LogP contribution in [0, 0.1) is 0 Å². The predicted molar refractivity (Wildman–Crippen MR) is 90.1 cm³/mol. The maximum atomic E-state index is 11.0. The van der Waals surface area contributed by atoms with E-state index in [2.05, 4.69) is 6.92 Å². The van der Waals surface area contributed by atoms with Gasteiger partial charge in [0.15, 0.2) is 0 Å². The maximum absolute atomic E-state index is 11.0. The second-order valence-corrected chi connectivity index (χ2v) is 6.36. The SMILES string of the molecule is CCCCCCCCCCCCN(CCC(=O)O)[C@@H](C)C(=O)[O-].[Na+]. The molecule has 0 aliphatic rings. The Morgan fingerprint density at radius 1 is 0.917 bits per heavy atom. The van der Waals surface area contributed by atoms with Crippen molar-refractivity contribution in [1.82, 2.24) is 4.90 Å². The zero-order chi connectivity index (χ0) is 17.5. The molecule has 0 unspecified atom stereocenters. The van der Waals surface area contributed by atoms with Gasteiger partial charge in [-0.2, -0.15) is 0 Å². The molecule has 0 spiro atoms. The molecule has 0 aliphatic carbocycles. The van der Waals surface area contributed by atoms with Crippen molar-refractivity contribution in [1.29, 1.82) is 0 Å². The van der Waals surface area contributed by atoms with Gasteiger partial charge >= 0.3 is 35.5 Å². The van der Waals surface area contributed by atoms with Gasteiger partial charge in [0.25, 0.3) is 0 Å². The molecule has 0 saturated carbocycles. The number of unbranched alkanes of at least 4 members (excludes halogenated alkanes) is 9. The van der Waals surface area contributed by atoms with Crippen LogP contribution in [0.25, 0.3) is 0 Å². The maximum Gasteiger partial charge on any atom is 1.00 e. The molecule has 0 heterocycles. The summed E-state index contributed by atoms with van der Waals surface area (Å²) in [7, 11) is 0. The van der Waals surface area contributed by atoms with Gasteiger partial charge in [-0.15, -0.1) is 0 Å². The van der Waals surface area contributed by atoms with Crippen LogP contribution in [-0.4, -0.2) is 41.1 Å². The largest absolute Gasteiger partial charge is 1.00 e. The Morgan fingerprint density at radius 3 is 1.79 bits per heavy atom. The number of aliphatic carboxylic acids is 2. The molecule has 0 fully saturated rings. The van der Waals surface area contributed by atoms with Crippen LogP contribution >= 0.6 is 0 Å². The van der Waals surface area contributed by atoms with Gasteiger partial charge in [0.05, 0.1) is 12.4 Å². The Morgan fingerprint density at radius 2 is 1.38 bits per heavy atom. The first-order valence-electron chi connectivity index (χ1n) is 9.15. The number of hydrogen-bond donors (Lipinski definition) is 1. The van der Waals surface area contributed by atoms with E-state index in [1.165, 1.54) is 51.4 Å². The third-order valence-electron chi connectivity index (χ3n) is 4.30. The van der Waals surface area contributed by atoms with Crippen molar-refractivity contribution in [2.24, 2.45) is 0 Å². The summed E-state index contributed by atoms with van der Waals surface area (Å²) in [6.45, 7) is 4.68. The molecule has 0 aromatic rings. The van der Waals surface area contributed by atoms with Crippen LogP contribution < -0.4 is 34.7 Å². The van der Waals surface area contributed by atoms with E-state index < -0.39 is 18.0 Å². The van der Waals surface area contributed by atoms with Gasteiger partial charge in [-0.3, -0.25) is 9.69 Å². The Kier molecular flexibility index (Phi) is 19.3. The summed E-state index contributed by atoms with van der Waals surface area (Å²) in [6.07, 6.45) is 12.2. The van der Waals surface area contributed by atoms with Crippen molar-refractivity contribution < 1.29 is 49.4 Å². The van der Waals surface area contributed by atoms with Gasteiger partial charge in [0.1, 0.15) is 0 Å². The summed E-state index contributed by atoms with van der Waals surface area (Å²) >= 11 is 0. The van der Waals surface area contributed by atoms with Crippen LogP contribution in [0.3, 0.4) is 0 Å². The molecule has 5 nitrogen and oxygen atoms in total. The summed E-state index contributed by atoms with van der Waals surface area (Å²) in [4.78, 5) is 23.3. The smallest absolute Gasteiger partial charge is 0.548 e. The first-order chi connectivity index (χ1) is 11.0. The third kappa shape index (κ3) is 15.4. The number of carboxylic acids is 2. The Bertz CT molecular complexity index is 326. The van der Waals surface area contributed by atoms with Crippen molar-refractivity contribution in [2.45, 2.75) is 90.5 Å². The minimum absolute atomic E-state index is 0. The number of carboxylic acid groups (broad SMARTS) is 2. The molecule has 0 bridgehead atoms. The molecule has 136 valence electrons. The van der Waals surface area contributed by atoms with E-state index in [0.29, 0.717) is 6.54 Å². The van der Waals surface area contributed by atoms with Gasteiger partial charge in [-0.05, 0) is 19.9 Å². The average Bonchev–Trinajstić information content (AvgIpc) is 2.51.